The first-order valence-electron chi connectivity index (χ1n) is 8.21. The quantitative estimate of drug-likeness (QED) is 0.860. The van der Waals surface area contributed by atoms with Crippen LogP contribution in [-0.4, -0.2) is 47.5 Å². The molecule has 2 N–H and O–H groups in total. The normalized spacial score (nSPS) is 20.0. The molecule has 0 spiro atoms. The average molecular weight is 360 g/mol. The summed E-state index contributed by atoms with van der Waals surface area (Å²) in [6.45, 7) is 3.16. The van der Waals surface area contributed by atoms with Gasteiger partial charge in [-0.2, -0.15) is 5.10 Å². The number of aromatic nitrogens is 3. The van der Waals surface area contributed by atoms with E-state index in [0.29, 0.717) is 18.1 Å². The molecule has 1 atom stereocenters. The second-order valence-electron chi connectivity index (χ2n) is 6.12. The van der Waals surface area contributed by atoms with Crippen LogP contribution in [0.4, 0.5) is 5.69 Å². The molecule has 1 saturated heterocycles. The van der Waals surface area contributed by atoms with Crippen molar-refractivity contribution >= 4 is 22.9 Å². The number of nitrogens with one attached hydrogen (secondary N) is 2. The van der Waals surface area contributed by atoms with Crippen molar-refractivity contribution < 1.29 is 4.74 Å². The molecular weight excluding hydrogens is 342 g/mol. The maximum atomic E-state index is 11.6. The Morgan fingerprint density at radius 2 is 2.32 bits per heavy atom. The van der Waals surface area contributed by atoms with Crippen LogP contribution in [0.2, 0.25) is 5.02 Å². The van der Waals surface area contributed by atoms with Gasteiger partial charge in [-0.3, -0.25) is 4.79 Å². The van der Waals surface area contributed by atoms with Crippen molar-refractivity contribution in [1.82, 2.24) is 20.5 Å². The van der Waals surface area contributed by atoms with E-state index in [4.69, 9.17) is 16.3 Å². The summed E-state index contributed by atoms with van der Waals surface area (Å²) < 4.78 is 6.05. The number of nitrogens with zero attached hydrogens (tertiary/aromatic N) is 3. The van der Waals surface area contributed by atoms with E-state index in [1.807, 2.05) is 17.0 Å². The van der Waals surface area contributed by atoms with Crippen LogP contribution in [0.1, 0.15) is 12.0 Å². The van der Waals surface area contributed by atoms with E-state index in [-0.39, 0.29) is 16.7 Å². The lowest BCUT2D eigenvalue weighted by atomic mass is 10.1. The first-order valence-corrected chi connectivity index (χ1v) is 8.59. The van der Waals surface area contributed by atoms with E-state index in [1.54, 1.807) is 12.4 Å². The van der Waals surface area contributed by atoms with Crippen LogP contribution in [-0.2, 0) is 0 Å². The summed E-state index contributed by atoms with van der Waals surface area (Å²) >= 11 is 6.08. The lowest BCUT2D eigenvalue weighted by molar-refractivity contribution is 0.216. The highest BCUT2D eigenvalue weighted by Gasteiger charge is 2.27. The van der Waals surface area contributed by atoms with Crippen molar-refractivity contribution in [2.24, 2.45) is 0 Å². The van der Waals surface area contributed by atoms with Gasteiger partial charge in [-0.15, -0.1) is 0 Å². The van der Waals surface area contributed by atoms with Gasteiger partial charge >= 0.3 is 0 Å². The van der Waals surface area contributed by atoms with E-state index in [2.05, 4.69) is 26.6 Å². The molecule has 0 aliphatic carbocycles. The minimum Gasteiger partial charge on any atom is -0.472 e. The summed E-state index contributed by atoms with van der Waals surface area (Å²) in [5.41, 5.74) is 2.66. The van der Waals surface area contributed by atoms with Crippen LogP contribution in [0, 0.1) is 0 Å². The lowest BCUT2D eigenvalue weighted by Crippen LogP contribution is -2.26. The minimum atomic E-state index is -0.378. The van der Waals surface area contributed by atoms with Crippen molar-refractivity contribution in [3.05, 3.63) is 51.5 Å². The smallest absolute Gasteiger partial charge is 0.285 e. The standard InChI is InChI=1S/C17H18ClN5O2/c18-16-14(9-21-22-17(16)24)23-6-3-13(10-23)25-15-7-11(2-5-20-15)12-1-4-19-8-12/h1-2,5,7,9,13,19H,3-4,6,8,10H2,(H,22,24)/t13-/m1/s1. The summed E-state index contributed by atoms with van der Waals surface area (Å²) in [5, 5.41) is 9.61. The molecule has 0 radical (unpaired) electrons. The number of rotatable bonds is 4. The van der Waals surface area contributed by atoms with Crippen molar-refractivity contribution in [1.29, 1.82) is 0 Å². The Labute approximate surface area is 149 Å². The molecule has 25 heavy (non-hydrogen) atoms. The first kappa shape index (κ1) is 16.1. The first-order chi connectivity index (χ1) is 12.2. The maximum absolute atomic E-state index is 11.6. The summed E-state index contributed by atoms with van der Waals surface area (Å²) in [6.07, 6.45) is 6.35. The molecule has 130 valence electrons. The number of anilines is 1. The van der Waals surface area contributed by atoms with Crippen LogP contribution in [0.3, 0.4) is 0 Å². The number of hydrogen-bond acceptors (Lipinski definition) is 6. The Balaban J connectivity index is 1.45. The molecule has 4 heterocycles. The third-order valence-corrected chi connectivity index (χ3v) is 4.83. The molecule has 0 aromatic carbocycles. The Kier molecular flexibility index (Phi) is 4.42. The second kappa shape index (κ2) is 6.85. The van der Waals surface area contributed by atoms with Crippen LogP contribution in [0.25, 0.3) is 5.57 Å². The summed E-state index contributed by atoms with van der Waals surface area (Å²) in [6, 6.07) is 3.97. The van der Waals surface area contributed by atoms with Crippen molar-refractivity contribution in [2.45, 2.75) is 12.5 Å². The highest BCUT2D eigenvalue weighted by molar-refractivity contribution is 6.33. The molecule has 2 aliphatic heterocycles. The second-order valence-corrected chi connectivity index (χ2v) is 6.49. The molecule has 8 heteroatoms. The van der Waals surface area contributed by atoms with Gasteiger partial charge in [-0.05, 0) is 17.2 Å². The predicted molar refractivity (Wildman–Crippen MR) is 96.2 cm³/mol. The van der Waals surface area contributed by atoms with Crippen molar-refractivity contribution in [3.63, 3.8) is 0 Å². The van der Waals surface area contributed by atoms with E-state index in [9.17, 15) is 4.79 Å². The zero-order chi connectivity index (χ0) is 17.2. The molecule has 0 amide bonds. The molecule has 0 saturated carbocycles. The van der Waals surface area contributed by atoms with Gasteiger partial charge in [-0.1, -0.05) is 17.7 Å². The highest BCUT2D eigenvalue weighted by Crippen LogP contribution is 2.27. The summed E-state index contributed by atoms with van der Waals surface area (Å²) in [4.78, 5) is 17.9. The van der Waals surface area contributed by atoms with Gasteiger partial charge in [0.2, 0.25) is 5.88 Å². The fourth-order valence-corrected chi connectivity index (χ4v) is 3.39. The number of hydrogen-bond donors (Lipinski definition) is 2. The average Bonchev–Trinajstić information content (AvgIpc) is 3.30. The molecular formula is C17H18ClN5O2. The van der Waals surface area contributed by atoms with Gasteiger partial charge < -0.3 is 15.0 Å². The van der Waals surface area contributed by atoms with Gasteiger partial charge in [0.15, 0.2) is 0 Å². The molecule has 4 rings (SSSR count). The predicted octanol–water partition coefficient (Wildman–Crippen LogP) is 1.46. The van der Waals surface area contributed by atoms with Gasteiger partial charge in [0.05, 0.1) is 18.4 Å². The maximum Gasteiger partial charge on any atom is 0.285 e. The fourth-order valence-electron chi connectivity index (χ4n) is 3.18. The van der Waals surface area contributed by atoms with Crippen LogP contribution < -0.4 is 20.5 Å². The van der Waals surface area contributed by atoms with Gasteiger partial charge in [0.1, 0.15) is 11.1 Å². The van der Waals surface area contributed by atoms with E-state index >= 15 is 0 Å². The van der Waals surface area contributed by atoms with Gasteiger partial charge in [0.25, 0.3) is 5.56 Å². The zero-order valence-electron chi connectivity index (χ0n) is 13.5. The van der Waals surface area contributed by atoms with E-state index in [1.165, 1.54) is 5.57 Å². The summed E-state index contributed by atoms with van der Waals surface area (Å²) in [7, 11) is 0. The van der Waals surface area contributed by atoms with E-state index in [0.717, 1.165) is 31.6 Å². The minimum absolute atomic E-state index is 0.00575. The van der Waals surface area contributed by atoms with E-state index < -0.39 is 0 Å². The Morgan fingerprint density at radius 3 is 3.16 bits per heavy atom. The molecule has 0 unspecified atom stereocenters. The Morgan fingerprint density at radius 1 is 1.40 bits per heavy atom. The number of ether oxygens (including phenoxy) is 1. The van der Waals surface area contributed by atoms with Crippen molar-refractivity contribution in [2.75, 3.05) is 31.1 Å². The number of aromatic amines is 1. The summed E-state index contributed by atoms with van der Waals surface area (Å²) in [5.74, 6) is 0.618. The van der Waals surface area contributed by atoms with Gasteiger partial charge in [-0.25, -0.2) is 10.1 Å². The molecule has 1 fully saturated rings. The molecule has 2 aliphatic rings. The number of halogens is 1. The van der Waals surface area contributed by atoms with Crippen LogP contribution in [0.15, 0.2) is 35.4 Å². The van der Waals surface area contributed by atoms with Crippen molar-refractivity contribution in [3.8, 4) is 5.88 Å². The molecule has 7 nitrogen and oxygen atoms in total. The third-order valence-electron chi connectivity index (χ3n) is 4.46. The molecule has 2 aromatic heterocycles. The number of H-pyrrole nitrogens is 1. The molecule has 0 bridgehead atoms. The largest absolute Gasteiger partial charge is 0.472 e. The topological polar surface area (TPSA) is 83.1 Å². The SMILES string of the molecule is O=c1[nH]ncc(N2CC[C@@H](Oc3cc(C4=CCNC4)ccn3)C2)c1Cl. The number of pyridine rings is 1. The Bertz CT molecular complexity index is 866. The van der Waals surface area contributed by atoms with Crippen LogP contribution in [0.5, 0.6) is 5.88 Å². The lowest BCUT2D eigenvalue weighted by Gasteiger charge is -2.19. The third kappa shape index (κ3) is 3.38. The van der Waals surface area contributed by atoms with Gasteiger partial charge in [0, 0.05) is 38.3 Å². The fraction of sp³-hybridized carbons (Fsp3) is 0.353. The monoisotopic (exact) mass is 359 g/mol. The van der Waals surface area contributed by atoms with Crippen LogP contribution >= 0.6 is 11.6 Å². The molecule has 2 aromatic rings. The zero-order valence-corrected chi connectivity index (χ0v) is 14.3. The highest BCUT2D eigenvalue weighted by atomic mass is 35.5. The Hall–Kier alpha value is -2.38.